The van der Waals surface area contributed by atoms with Crippen LogP contribution in [0, 0.1) is 20.8 Å². The van der Waals surface area contributed by atoms with Gasteiger partial charge >= 0.3 is 5.97 Å². The molecule has 2 rings (SSSR count). The van der Waals surface area contributed by atoms with E-state index in [0.717, 1.165) is 31.4 Å². The van der Waals surface area contributed by atoms with Crippen LogP contribution in [0.5, 0.6) is 0 Å². The lowest BCUT2D eigenvalue weighted by Gasteiger charge is -2.35. The Morgan fingerprint density at radius 3 is 2.46 bits per heavy atom. The molecule has 4 heteroatoms. The van der Waals surface area contributed by atoms with Crippen LogP contribution in [0.25, 0.3) is 0 Å². The van der Waals surface area contributed by atoms with Crippen LogP contribution in [0.3, 0.4) is 0 Å². The third-order valence-corrected chi connectivity index (χ3v) is 4.82. The zero-order valence-corrected chi connectivity index (χ0v) is 15.4. The van der Waals surface area contributed by atoms with Gasteiger partial charge in [0.25, 0.3) is 0 Å². The van der Waals surface area contributed by atoms with Crippen molar-refractivity contribution in [3.63, 3.8) is 0 Å². The lowest BCUT2D eigenvalue weighted by molar-refractivity contribution is -0.146. The maximum absolute atomic E-state index is 12.9. The second-order valence-corrected chi connectivity index (χ2v) is 6.80. The van der Waals surface area contributed by atoms with Crippen molar-refractivity contribution >= 4 is 11.9 Å². The van der Waals surface area contributed by atoms with Gasteiger partial charge in [-0.3, -0.25) is 9.59 Å². The van der Waals surface area contributed by atoms with E-state index in [2.05, 4.69) is 32.9 Å². The predicted octanol–water partition coefficient (Wildman–Crippen LogP) is 3.49. The molecule has 1 aliphatic rings. The van der Waals surface area contributed by atoms with Crippen molar-refractivity contribution in [3.8, 4) is 0 Å². The van der Waals surface area contributed by atoms with Gasteiger partial charge < -0.3 is 9.64 Å². The fraction of sp³-hybridized carbons (Fsp3) is 0.600. The van der Waals surface area contributed by atoms with Gasteiger partial charge in [-0.25, -0.2) is 0 Å². The van der Waals surface area contributed by atoms with Gasteiger partial charge in [-0.2, -0.15) is 0 Å². The van der Waals surface area contributed by atoms with E-state index in [4.69, 9.17) is 4.74 Å². The van der Waals surface area contributed by atoms with Crippen molar-refractivity contribution in [3.05, 3.63) is 34.4 Å². The Balaban J connectivity index is 2.10. The molecule has 1 aromatic rings. The Kier molecular flexibility index (Phi) is 6.41. The van der Waals surface area contributed by atoms with Gasteiger partial charge in [0.05, 0.1) is 19.4 Å². The van der Waals surface area contributed by atoms with E-state index in [1.54, 1.807) is 0 Å². The first-order chi connectivity index (χ1) is 11.4. The molecule has 1 atom stereocenters. The number of ether oxygens (including phenoxy) is 1. The van der Waals surface area contributed by atoms with Gasteiger partial charge in [0.1, 0.15) is 0 Å². The van der Waals surface area contributed by atoms with E-state index < -0.39 is 0 Å². The Bertz CT molecular complexity index is 586. The van der Waals surface area contributed by atoms with E-state index in [0.29, 0.717) is 19.4 Å². The average Bonchev–Trinajstić information content (AvgIpc) is 2.51. The fourth-order valence-electron chi connectivity index (χ4n) is 3.69. The molecule has 132 valence electrons. The van der Waals surface area contributed by atoms with Crippen molar-refractivity contribution in [1.82, 2.24) is 4.90 Å². The summed E-state index contributed by atoms with van der Waals surface area (Å²) in [7, 11) is 0. The van der Waals surface area contributed by atoms with Crippen LogP contribution < -0.4 is 0 Å². The number of hydrogen-bond acceptors (Lipinski definition) is 3. The second-order valence-electron chi connectivity index (χ2n) is 6.80. The highest BCUT2D eigenvalue weighted by Gasteiger charge is 2.29. The SMILES string of the molecule is CCOC(=O)CC1CCCCN1C(=O)Cc1c(C)cc(C)cc1C. The first kappa shape index (κ1) is 18.5. The molecular formula is C20H29NO3. The van der Waals surface area contributed by atoms with E-state index in [1.165, 1.54) is 16.7 Å². The highest BCUT2D eigenvalue weighted by atomic mass is 16.5. The van der Waals surface area contributed by atoms with Crippen LogP contribution in [0.4, 0.5) is 0 Å². The highest BCUT2D eigenvalue weighted by molar-refractivity contribution is 5.81. The van der Waals surface area contributed by atoms with Gasteiger partial charge in [0.15, 0.2) is 0 Å². The minimum atomic E-state index is -0.204. The summed E-state index contributed by atoms with van der Waals surface area (Å²) in [6, 6.07) is 4.24. The molecule has 0 radical (unpaired) electrons. The number of likely N-dealkylation sites (tertiary alicyclic amines) is 1. The Hall–Kier alpha value is -1.84. The predicted molar refractivity (Wildman–Crippen MR) is 95.0 cm³/mol. The number of benzene rings is 1. The van der Waals surface area contributed by atoms with E-state index in [1.807, 2.05) is 11.8 Å². The first-order valence-electron chi connectivity index (χ1n) is 8.94. The largest absolute Gasteiger partial charge is 0.466 e. The molecule has 1 aromatic carbocycles. The minimum Gasteiger partial charge on any atom is -0.466 e. The monoisotopic (exact) mass is 331 g/mol. The number of carbonyl (C=O) groups excluding carboxylic acids is 2. The van der Waals surface area contributed by atoms with Gasteiger partial charge in [-0.15, -0.1) is 0 Å². The molecule has 0 aromatic heterocycles. The number of nitrogens with zero attached hydrogens (tertiary/aromatic N) is 1. The smallest absolute Gasteiger partial charge is 0.307 e. The molecule has 1 aliphatic heterocycles. The summed E-state index contributed by atoms with van der Waals surface area (Å²) in [6.45, 7) is 9.15. The van der Waals surface area contributed by atoms with Crippen molar-refractivity contribution in [2.45, 2.75) is 65.8 Å². The van der Waals surface area contributed by atoms with Crippen LogP contribution in [0.2, 0.25) is 0 Å². The fourth-order valence-corrected chi connectivity index (χ4v) is 3.69. The normalized spacial score (nSPS) is 17.7. The van der Waals surface area contributed by atoms with Crippen LogP contribution >= 0.6 is 0 Å². The van der Waals surface area contributed by atoms with Crippen LogP contribution in [-0.4, -0.2) is 36.0 Å². The zero-order valence-electron chi connectivity index (χ0n) is 15.4. The van der Waals surface area contributed by atoms with E-state index in [9.17, 15) is 9.59 Å². The molecule has 0 N–H and O–H groups in total. The zero-order chi connectivity index (χ0) is 17.7. The number of carbonyl (C=O) groups is 2. The summed E-state index contributed by atoms with van der Waals surface area (Å²) in [6.07, 6.45) is 3.69. The number of esters is 1. The second kappa shape index (κ2) is 8.32. The highest BCUT2D eigenvalue weighted by Crippen LogP contribution is 2.23. The molecule has 1 fully saturated rings. The quantitative estimate of drug-likeness (QED) is 0.776. The standard InChI is InChI=1S/C20H29NO3/c1-5-24-20(23)12-17-8-6-7-9-21(17)19(22)13-18-15(3)10-14(2)11-16(18)4/h10-11,17H,5-9,12-13H2,1-4H3. The maximum atomic E-state index is 12.9. The van der Waals surface area contributed by atoms with Crippen molar-refractivity contribution in [2.24, 2.45) is 0 Å². The first-order valence-corrected chi connectivity index (χ1v) is 8.94. The van der Waals surface area contributed by atoms with Gasteiger partial charge in [0, 0.05) is 12.6 Å². The van der Waals surface area contributed by atoms with Crippen molar-refractivity contribution in [1.29, 1.82) is 0 Å². The van der Waals surface area contributed by atoms with E-state index in [-0.39, 0.29) is 17.9 Å². The third kappa shape index (κ3) is 4.59. The van der Waals surface area contributed by atoms with Gasteiger partial charge in [0.2, 0.25) is 5.91 Å². The summed E-state index contributed by atoms with van der Waals surface area (Å²) < 4.78 is 5.07. The van der Waals surface area contributed by atoms with E-state index >= 15 is 0 Å². The summed E-state index contributed by atoms with van der Waals surface area (Å²) in [5.74, 6) is -0.0797. The topological polar surface area (TPSA) is 46.6 Å². The lowest BCUT2D eigenvalue weighted by Crippen LogP contribution is -2.45. The number of aryl methyl sites for hydroxylation is 3. The number of piperidine rings is 1. The molecule has 0 bridgehead atoms. The molecule has 1 amide bonds. The summed E-state index contributed by atoms with van der Waals surface area (Å²) in [5, 5.41) is 0. The summed E-state index contributed by atoms with van der Waals surface area (Å²) in [4.78, 5) is 26.6. The molecule has 4 nitrogen and oxygen atoms in total. The Morgan fingerprint density at radius 1 is 1.17 bits per heavy atom. The van der Waals surface area contributed by atoms with Crippen LogP contribution in [-0.2, 0) is 20.7 Å². The number of amides is 1. The van der Waals surface area contributed by atoms with Gasteiger partial charge in [-0.05, 0) is 63.6 Å². The number of hydrogen-bond donors (Lipinski definition) is 0. The molecule has 0 aliphatic carbocycles. The molecule has 0 spiro atoms. The molecular weight excluding hydrogens is 302 g/mol. The van der Waals surface area contributed by atoms with Crippen LogP contribution in [0.1, 0.15) is 54.9 Å². The summed E-state index contributed by atoms with van der Waals surface area (Å²) >= 11 is 0. The summed E-state index contributed by atoms with van der Waals surface area (Å²) in [5.41, 5.74) is 4.67. The van der Waals surface area contributed by atoms with Gasteiger partial charge in [-0.1, -0.05) is 17.7 Å². The maximum Gasteiger partial charge on any atom is 0.307 e. The molecule has 1 saturated heterocycles. The Labute approximate surface area is 145 Å². The van der Waals surface area contributed by atoms with Crippen molar-refractivity contribution in [2.75, 3.05) is 13.2 Å². The minimum absolute atomic E-state index is 0.0173. The Morgan fingerprint density at radius 2 is 1.83 bits per heavy atom. The molecule has 24 heavy (non-hydrogen) atoms. The molecule has 1 unspecified atom stereocenters. The average molecular weight is 331 g/mol. The molecule has 0 saturated carbocycles. The lowest BCUT2D eigenvalue weighted by atomic mass is 9.94. The number of rotatable bonds is 5. The third-order valence-electron chi connectivity index (χ3n) is 4.82. The van der Waals surface area contributed by atoms with Crippen LogP contribution in [0.15, 0.2) is 12.1 Å². The van der Waals surface area contributed by atoms with Crippen molar-refractivity contribution < 1.29 is 14.3 Å². The molecule has 1 heterocycles.